The van der Waals surface area contributed by atoms with Crippen molar-refractivity contribution in [2.24, 2.45) is 0 Å². The number of hydrogen-bond donors (Lipinski definition) is 0. The van der Waals surface area contributed by atoms with Crippen molar-refractivity contribution >= 4 is 0 Å². The lowest BCUT2D eigenvalue weighted by Crippen LogP contribution is -2.23. The molecule has 0 aromatic carbocycles. The molecule has 0 N–H and O–H groups in total. The van der Waals surface area contributed by atoms with Crippen LogP contribution in [-0.2, 0) is 4.74 Å². The van der Waals surface area contributed by atoms with Crippen molar-refractivity contribution in [1.29, 1.82) is 5.26 Å². The lowest BCUT2D eigenvalue weighted by molar-refractivity contribution is 0.0592. The molecule has 0 rings (SSSR count). The summed E-state index contributed by atoms with van der Waals surface area (Å²) in [6.07, 6.45) is 0. The van der Waals surface area contributed by atoms with Crippen LogP contribution < -0.4 is 0 Å². The molecule has 9 heavy (non-hydrogen) atoms. The van der Waals surface area contributed by atoms with Crippen molar-refractivity contribution in [3.8, 4) is 6.07 Å². The number of nitrogens with zero attached hydrogens (tertiary/aromatic N) is 1. The number of methoxy groups -OCH3 is 1. The van der Waals surface area contributed by atoms with Gasteiger partial charge in [-0.3, -0.25) is 0 Å². The third-order valence-corrected chi connectivity index (χ3v) is 1.37. The lowest BCUT2D eigenvalue weighted by Gasteiger charge is -2.20. The van der Waals surface area contributed by atoms with Crippen LogP contribution in [0.5, 0.6) is 0 Å². The Morgan fingerprint density at radius 1 is 1.67 bits per heavy atom. The largest absolute Gasteiger partial charge is 0.373 e. The molecule has 0 atom stereocenters. The van der Waals surface area contributed by atoms with Crippen LogP contribution in [0.1, 0.15) is 13.8 Å². The van der Waals surface area contributed by atoms with Crippen LogP contribution in [-0.4, -0.2) is 12.7 Å². The maximum Gasteiger partial charge on any atom is 0.0971 e. The van der Waals surface area contributed by atoms with Gasteiger partial charge in [0.25, 0.3) is 0 Å². The zero-order valence-corrected chi connectivity index (χ0v) is 6.06. The minimum absolute atomic E-state index is 0.449. The van der Waals surface area contributed by atoms with E-state index in [0.29, 0.717) is 5.57 Å². The summed E-state index contributed by atoms with van der Waals surface area (Å²) in [7, 11) is 1.56. The summed E-state index contributed by atoms with van der Waals surface area (Å²) in [5, 5.41) is 8.37. The summed E-state index contributed by atoms with van der Waals surface area (Å²) in [6, 6.07) is 1.94. The van der Waals surface area contributed by atoms with Gasteiger partial charge in [0, 0.05) is 7.11 Å². The van der Waals surface area contributed by atoms with Gasteiger partial charge in [0.2, 0.25) is 0 Å². The first-order valence-corrected chi connectivity index (χ1v) is 2.69. The molecule has 0 aromatic rings. The molecular formula is C7H11NO. The van der Waals surface area contributed by atoms with Gasteiger partial charge in [-0.25, -0.2) is 0 Å². The highest BCUT2D eigenvalue weighted by Gasteiger charge is 2.19. The SMILES string of the molecule is C=C(C#N)C(C)(C)OC. The molecule has 0 amide bonds. The predicted octanol–water partition coefficient (Wildman–Crippen LogP) is 1.49. The Hall–Kier alpha value is -0.810. The molecule has 0 spiro atoms. The van der Waals surface area contributed by atoms with Crippen molar-refractivity contribution in [2.75, 3.05) is 7.11 Å². The lowest BCUT2D eigenvalue weighted by atomic mass is 10.0. The maximum absolute atomic E-state index is 8.37. The van der Waals surface area contributed by atoms with Crippen molar-refractivity contribution in [3.05, 3.63) is 12.2 Å². The number of rotatable bonds is 2. The van der Waals surface area contributed by atoms with Crippen molar-refractivity contribution in [1.82, 2.24) is 0 Å². The maximum atomic E-state index is 8.37. The first-order chi connectivity index (χ1) is 4.04. The summed E-state index contributed by atoms with van der Waals surface area (Å²) in [5.41, 5.74) is -0.0561. The van der Waals surface area contributed by atoms with E-state index < -0.39 is 5.60 Å². The van der Waals surface area contributed by atoms with Gasteiger partial charge in [0.15, 0.2) is 0 Å². The summed E-state index contributed by atoms with van der Waals surface area (Å²) in [6.45, 7) is 7.14. The second-order valence-electron chi connectivity index (χ2n) is 2.30. The highest BCUT2D eigenvalue weighted by Crippen LogP contribution is 2.16. The third-order valence-electron chi connectivity index (χ3n) is 1.37. The Morgan fingerprint density at radius 2 is 2.11 bits per heavy atom. The Balaban J connectivity index is 4.19. The summed E-state index contributed by atoms with van der Waals surface area (Å²) < 4.78 is 4.97. The van der Waals surface area contributed by atoms with E-state index in [1.165, 1.54) is 0 Å². The zero-order chi connectivity index (χ0) is 7.49. The van der Waals surface area contributed by atoms with Gasteiger partial charge in [0.1, 0.15) is 0 Å². The highest BCUT2D eigenvalue weighted by molar-refractivity contribution is 5.25. The third kappa shape index (κ3) is 1.87. The van der Waals surface area contributed by atoms with E-state index in [-0.39, 0.29) is 0 Å². The quantitative estimate of drug-likeness (QED) is 0.524. The zero-order valence-electron chi connectivity index (χ0n) is 6.06. The van der Waals surface area contributed by atoms with Crippen molar-refractivity contribution in [3.63, 3.8) is 0 Å². The highest BCUT2D eigenvalue weighted by atomic mass is 16.5. The van der Waals surface area contributed by atoms with E-state index >= 15 is 0 Å². The molecule has 0 aromatic heterocycles. The number of ether oxygens (including phenoxy) is 1. The number of nitriles is 1. The predicted molar refractivity (Wildman–Crippen MR) is 35.8 cm³/mol. The Bertz CT molecular complexity index is 153. The van der Waals surface area contributed by atoms with Crippen molar-refractivity contribution in [2.45, 2.75) is 19.4 Å². The smallest absolute Gasteiger partial charge is 0.0971 e. The Morgan fingerprint density at radius 3 is 2.22 bits per heavy atom. The van der Waals surface area contributed by atoms with Crippen LogP contribution in [0.4, 0.5) is 0 Å². The van der Waals surface area contributed by atoms with Crippen LogP contribution in [0, 0.1) is 11.3 Å². The van der Waals surface area contributed by atoms with Gasteiger partial charge >= 0.3 is 0 Å². The van der Waals surface area contributed by atoms with E-state index in [9.17, 15) is 0 Å². The molecule has 2 heteroatoms. The second kappa shape index (κ2) is 2.65. The van der Waals surface area contributed by atoms with Gasteiger partial charge in [-0.2, -0.15) is 5.26 Å². The van der Waals surface area contributed by atoms with Crippen molar-refractivity contribution < 1.29 is 4.74 Å². The fourth-order valence-electron chi connectivity index (χ4n) is 0.258. The van der Waals surface area contributed by atoms with E-state index in [2.05, 4.69) is 6.58 Å². The fraction of sp³-hybridized carbons (Fsp3) is 0.571. The van der Waals surface area contributed by atoms with Gasteiger partial charge in [-0.15, -0.1) is 0 Å². The Kier molecular flexibility index (Phi) is 2.41. The number of hydrogen-bond acceptors (Lipinski definition) is 2. The van der Waals surface area contributed by atoms with Gasteiger partial charge < -0.3 is 4.74 Å². The molecule has 0 aliphatic rings. The fourth-order valence-corrected chi connectivity index (χ4v) is 0.258. The first-order valence-electron chi connectivity index (χ1n) is 2.69. The van der Waals surface area contributed by atoms with Crippen LogP contribution in [0.15, 0.2) is 12.2 Å². The van der Waals surface area contributed by atoms with Crippen LogP contribution in [0.3, 0.4) is 0 Å². The topological polar surface area (TPSA) is 33.0 Å². The first kappa shape index (κ1) is 8.19. The van der Waals surface area contributed by atoms with Crippen LogP contribution >= 0.6 is 0 Å². The molecule has 2 nitrogen and oxygen atoms in total. The van der Waals surface area contributed by atoms with E-state index in [0.717, 1.165) is 0 Å². The van der Waals surface area contributed by atoms with E-state index in [4.69, 9.17) is 10.00 Å². The minimum atomic E-state index is -0.505. The van der Waals surface area contributed by atoms with Crippen LogP contribution in [0.2, 0.25) is 0 Å². The molecular weight excluding hydrogens is 114 g/mol. The van der Waals surface area contributed by atoms with Gasteiger partial charge in [-0.05, 0) is 13.8 Å². The molecule has 50 valence electrons. The second-order valence-corrected chi connectivity index (χ2v) is 2.30. The molecule has 0 bridgehead atoms. The molecule has 0 aliphatic carbocycles. The molecule has 0 saturated heterocycles. The Labute approximate surface area is 55.7 Å². The summed E-state index contributed by atoms with van der Waals surface area (Å²) in [5.74, 6) is 0. The van der Waals surface area contributed by atoms with E-state index in [1.807, 2.05) is 6.07 Å². The van der Waals surface area contributed by atoms with E-state index in [1.54, 1.807) is 21.0 Å². The molecule has 0 radical (unpaired) electrons. The molecule has 0 saturated carbocycles. The summed E-state index contributed by atoms with van der Waals surface area (Å²) >= 11 is 0. The van der Waals surface area contributed by atoms with Crippen LogP contribution in [0.25, 0.3) is 0 Å². The van der Waals surface area contributed by atoms with Gasteiger partial charge in [-0.1, -0.05) is 6.58 Å². The molecule has 0 fully saturated rings. The molecule has 0 unspecified atom stereocenters. The minimum Gasteiger partial charge on any atom is -0.373 e. The summed E-state index contributed by atoms with van der Waals surface area (Å²) in [4.78, 5) is 0. The standard InChI is InChI=1S/C7H11NO/c1-6(5-8)7(2,3)9-4/h1H2,2-4H3. The average molecular weight is 125 g/mol. The van der Waals surface area contributed by atoms with Gasteiger partial charge in [0.05, 0.1) is 17.2 Å². The average Bonchev–Trinajstić information content (AvgIpc) is 1.86. The molecule has 0 heterocycles. The molecule has 0 aliphatic heterocycles. The normalized spacial score (nSPS) is 10.4. The monoisotopic (exact) mass is 125 g/mol.